The molecule has 0 saturated carbocycles. The lowest BCUT2D eigenvalue weighted by molar-refractivity contribution is 0.782. The van der Waals surface area contributed by atoms with Crippen LogP contribution >= 0.6 is 0 Å². The minimum absolute atomic E-state index is 0.129. The summed E-state index contributed by atoms with van der Waals surface area (Å²) in [6.07, 6.45) is 2.95. The smallest absolute Gasteiger partial charge is 0.241 e. The summed E-state index contributed by atoms with van der Waals surface area (Å²) in [7, 11) is 0. The van der Waals surface area contributed by atoms with Crippen molar-refractivity contribution >= 4 is 0 Å². The lowest BCUT2D eigenvalue weighted by Crippen LogP contribution is -2.02. The highest BCUT2D eigenvalue weighted by atomic mass is 15.4. The van der Waals surface area contributed by atoms with Crippen LogP contribution in [0.25, 0.3) is 5.82 Å². The number of hydrogen-bond acceptors (Lipinski definition) is 5. The van der Waals surface area contributed by atoms with Gasteiger partial charge in [0.05, 0.1) is 0 Å². The summed E-state index contributed by atoms with van der Waals surface area (Å²) in [5.74, 6) is 1.07. The molecule has 0 radical (unpaired) electrons. The van der Waals surface area contributed by atoms with Gasteiger partial charge in [0, 0.05) is 11.8 Å². The summed E-state index contributed by atoms with van der Waals surface area (Å²) in [6, 6.07) is 3.70. The third-order valence-corrected chi connectivity index (χ3v) is 2.09. The number of hydrogen-bond donors (Lipinski definition) is 0. The van der Waals surface area contributed by atoms with E-state index in [-0.39, 0.29) is 5.82 Å². The first-order valence-electron chi connectivity index (χ1n) is 4.85. The Labute approximate surface area is 92.6 Å². The summed E-state index contributed by atoms with van der Waals surface area (Å²) in [5, 5.41) is 12.6. The molecule has 6 nitrogen and oxygen atoms in total. The van der Waals surface area contributed by atoms with Gasteiger partial charge in [-0.25, -0.2) is 19.6 Å². The lowest BCUT2D eigenvalue weighted by atomic mass is 10.1. The van der Waals surface area contributed by atoms with Crippen LogP contribution in [-0.4, -0.2) is 24.7 Å². The van der Waals surface area contributed by atoms with Gasteiger partial charge in [-0.1, -0.05) is 13.8 Å². The molecular formula is C10H10N6. The van der Waals surface area contributed by atoms with Crippen molar-refractivity contribution in [1.82, 2.24) is 24.7 Å². The molecule has 6 heteroatoms. The molecule has 0 N–H and O–H groups in total. The molecule has 0 spiro atoms. The topological polar surface area (TPSA) is 80.3 Å². The van der Waals surface area contributed by atoms with Gasteiger partial charge in [-0.2, -0.15) is 5.26 Å². The molecule has 16 heavy (non-hydrogen) atoms. The Morgan fingerprint density at radius 2 is 2.12 bits per heavy atom. The summed E-state index contributed by atoms with van der Waals surface area (Å²) in [4.78, 5) is 12.0. The third kappa shape index (κ3) is 1.88. The molecule has 0 aliphatic heterocycles. The van der Waals surface area contributed by atoms with Crippen molar-refractivity contribution in [2.75, 3.05) is 0 Å². The lowest BCUT2D eigenvalue weighted by Gasteiger charge is -2.05. The number of aromatic nitrogens is 5. The molecule has 0 saturated heterocycles. The SMILES string of the molecule is CC(C)c1cc(-n2cnc(C#N)n2)ncn1. The molecule has 2 aromatic rings. The summed E-state index contributed by atoms with van der Waals surface area (Å²) in [5.41, 5.74) is 0.930. The molecule has 0 bridgehead atoms. The first-order chi connectivity index (χ1) is 7.70. The van der Waals surface area contributed by atoms with E-state index in [4.69, 9.17) is 5.26 Å². The molecular weight excluding hydrogens is 204 g/mol. The Morgan fingerprint density at radius 1 is 1.31 bits per heavy atom. The van der Waals surface area contributed by atoms with Gasteiger partial charge in [0.1, 0.15) is 18.7 Å². The van der Waals surface area contributed by atoms with Crippen molar-refractivity contribution in [3.05, 3.63) is 30.2 Å². The molecule has 2 heterocycles. The van der Waals surface area contributed by atoms with E-state index in [0.29, 0.717) is 11.7 Å². The molecule has 0 aromatic carbocycles. The normalized spacial score (nSPS) is 10.4. The van der Waals surface area contributed by atoms with Crippen molar-refractivity contribution < 1.29 is 0 Å². The van der Waals surface area contributed by atoms with Crippen LogP contribution in [0.2, 0.25) is 0 Å². The van der Waals surface area contributed by atoms with Crippen LogP contribution < -0.4 is 0 Å². The average molecular weight is 214 g/mol. The Hall–Kier alpha value is -2.29. The van der Waals surface area contributed by atoms with Gasteiger partial charge >= 0.3 is 0 Å². The standard InChI is InChI=1S/C10H10N6/c1-7(2)8-3-10(13-5-12-8)16-6-14-9(4-11)15-16/h3,5-7H,1-2H3. The highest BCUT2D eigenvalue weighted by molar-refractivity contribution is 5.24. The third-order valence-electron chi connectivity index (χ3n) is 2.09. The van der Waals surface area contributed by atoms with Crippen molar-refractivity contribution in [1.29, 1.82) is 5.26 Å². The highest BCUT2D eigenvalue weighted by Gasteiger charge is 2.06. The monoisotopic (exact) mass is 214 g/mol. The van der Waals surface area contributed by atoms with E-state index in [1.54, 1.807) is 0 Å². The Kier molecular flexibility index (Phi) is 2.60. The van der Waals surface area contributed by atoms with E-state index in [0.717, 1.165) is 5.69 Å². The first kappa shape index (κ1) is 10.2. The van der Waals surface area contributed by atoms with Crippen LogP contribution in [0.4, 0.5) is 0 Å². The highest BCUT2D eigenvalue weighted by Crippen LogP contribution is 2.12. The minimum atomic E-state index is 0.129. The Bertz CT molecular complexity index is 536. The van der Waals surface area contributed by atoms with E-state index in [2.05, 4.69) is 20.1 Å². The van der Waals surface area contributed by atoms with Crippen molar-refractivity contribution in [3.8, 4) is 11.9 Å². The molecule has 0 aliphatic rings. The van der Waals surface area contributed by atoms with Crippen molar-refractivity contribution in [3.63, 3.8) is 0 Å². The summed E-state index contributed by atoms with van der Waals surface area (Å²) in [6.45, 7) is 4.10. The second-order valence-electron chi connectivity index (χ2n) is 3.58. The van der Waals surface area contributed by atoms with Crippen molar-refractivity contribution in [2.45, 2.75) is 19.8 Å². The zero-order valence-electron chi connectivity index (χ0n) is 8.99. The number of rotatable bonds is 2. The van der Waals surface area contributed by atoms with Crippen LogP contribution in [0.15, 0.2) is 18.7 Å². The Balaban J connectivity index is 2.41. The molecule has 0 atom stereocenters. The predicted octanol–water partition coefficient (Wildman–Crippen LogP) is 1.05. The van der Waals surface area contributed by atoms with E-state index >= 15 is 0 Å². The summed E-state index contributed by atoms with van der Waals surface area (Å²) < 4.78 is 1.46. The quantitative estimate of drug-likeness (QED) is 0.746. The van der Waals surface area contributed by atoms with Gasteiger partial charge in [-0.3, -0.25) is 0 Å². The largest absolute Gasteiger partial charge is 0.252 e. The average Bonchev–Trinajstić information content (AvgIpc) is 2.77. The molecule has 0 amide bonds. The molecule has 2 rings (SSSR count). The van der Waals surface area contributed by atoms with Crippen LogP contribution in [0.1, 0.15) is 31.3 Å². The maximum atomic E-state index is 8.62. The van der Waals surface area contributed by atoms with Crippen LogP contribution in [0.5, 0.6) is 0 Å². The second-order valence-corrected chi connectivity index (χ2v) is 3.58. The summed E-state index contributed by atoms with van der Waals surface area (Å²) >= 11 is 0. The zero-order chi connectivity index (χ0) is 11.5. The first-order valence-corrected chi connectivity index (χ1v) is 4.85. The second kappa shape index (κ2) is 4.06. The zero-order valence-corrected chi connectivity index (χ0v) is 8.99. The molecule has 2 aromatic heterocycles. The molecule has 0 aliphatic carbocycles. The molecule has 80 valence electrons. The molecule has 0 unspecified atom stereocenters. The predicted molar refractivity (Wildman–Crippen MR) is 55.8 cm³/mol. The van der Waals surface area contributed by atoms with E-state index in [9.17, 15) is 0 Å². The minimum Gasteiger partial charge on any atom is -0.241 e. The fourth-order valence-corrected chi connectivity index (χ4v) is 1.23. The van der Waals surface area contributed by atoms with Crippen molar-refractivity contribution in [2.24, 2.45) is 0 Å². The maximum Gasteiger partial charge on any atom is 0.252 e. The maximum absolute atomic E-state index is 8.62. The van der Waals surface area contributed by atoms with E-state index < -0.39 is 0 Å². The van der Waals surface area contributed by atoms with Crippen LogP contribution in [0, 0.1) is 11.3 Å². The molecule has 0 fully saturated rings. The van der Waals surface area contributed by atoms with Crippen LogP contribution in [-0.2, 0) is 0 Å². The van der Waals surface area contributed by atoms with Gasteiger partial charge in [-0.05, 0) is 5.92 Å². The van der Waals surface area contributed by atoms with Crippen LogP contribution in [0.3, 0.4) is 0 Å². The van der Waals surface area contributed by atoms with Gasteiger partial charge in [0.25, 0.3) is 5.82 Å². The number of nitrogens with zero attached hydrogens (tertiary/aromatic N) is 6. The van der Waals surface area contributed by atoms with Gasteiger partial charge < -0.3 is 0 Å². The Morgan fingerprint density at radius 3 is 2.75 bits per heavy atom. The number of nitriles is 1. The van der Waals surface area contributed by atoms with E-state index in [1.807, 2.05) is 26.0 Å². The fraction of sp³-hybridized carbons (Fsp3) is 0.300. The van der Waals surface area contributed by atoms with Gasteiger partial charge in [0.2, 0.25) is 0 Å². The van der Waals surface area contributed by atoms with Gasteiger partial charge in [-0.15, -0.1) is 5.10 Å². The fourth-order valence-electron chi connectivity index (χ4n) is 1.23. The van der Waals surface area contributed by atoms with E-state index in [1.165, 1.54) is 17.3 Å². The van der Waals surface area contributed by atoms with Gasteiger partial charge in [0.15, 0.2) is 5.82 Å².